The van der Waals surface area contributed by atoms with Gasteiger partial charge in [-0.3, -0.25) is 9.48 Å². The molecule has 2 heterocycles. The highest BCUT2D eigenvalue weighted by atomic mass is 16.2. The van der Waals surface area contributed by atoms with Crippen LogP contribution in [0.25, 0.3) is 0 Å². The van der Waals surface area contributed by atoms with Crippen molar-refractivity contribution >= 4 is 5.91 Å². The van der Waals surface area contributed by atoms with Crippen LogP contribution in [0.3, 0.4) is 0 Å². The number of piperidine rings is 1. The number of aromatic nitrogens is 2. The van der Waals surface area contributed by atoms with E-state index in [-0.39, 0.29) is 11.8 Å². The van der Waals surface area contributed by atoms with Crippen molar-refractivity contribution in [3.8, 4) is 0 Å². The summed E-state index contributed by atoms with van der Waals surface area (Å²) in [6, 6.07) is 2.41. The second-order valence-corrected chi connectivity index (χ2v) is 4.70. The number of carbonyl (C=O) groups excluding carboxylic acids is 1. The van der Waals surface area contributed by atoms with E-state index >= 15 is 0 Å². The smallest absolute Gasteiger partial charge is 0.225 e. The predicted octanol–water partition coefficient (Wildman–Crippen LogP) is 1.70. The van der Waals surface area contributed by atoms with E-state index in [9.17, 15) is 4.79 Å². The molecule has 0 N–H and O–H groups in total. The first-order chi connectivity index (χ1) is 7.68. The van der Waals surface area contributed by atoms with Crippen molar-refractivity contribution < 1.29 is 4.79 Å². The lowest BCUT2D eigenvalue weighted by Gasteiger charge is -2.33. The minimum absolute atomic E-state index is 0.112. The maximum atomic E-state index is 11.8. The Bertz CT molecular complexity index is 337. The number of likely N-dealkylation sites (tertiary alicyclic amines) is 1. The van der Waals surface area contributed by atoms with E-state index in [4.69, 9.17) is 0 Å². The molecule has 0 aromatic carbocycles. The van der Waals surface area contributed by atoms with E-state index in [1.165, 1.54) is 0 Å². The van der Waals surface area contributed by atoms with Crippen molar-refractivity contribution in [2.24, 2.45) is 5.92 Å². The lowest BCUT2D eigenvalue weighted by molar-refractivity contribution is -0.135. The van der Waals surface area contributed by atoms with Gasteiger partial charge in [0, 0.05) is 31.4 Å². The molecule has 4 nitrogen and oxygen atoms in total. The van der Waals surface area contributed by atoms with Crippen LogP contribution in [0.5, 0.6) is 0 Å². The number of hydrogen-bond acceptors (Lipinski definition) is 2. The van der Waals surface area contributed by atoms with E-state index in [0.29, 0.717) is 6.04 Å². The summed E-state index contributed by atoms with van der Waals surface area (Å²) in [4.78, 5) is 13.8. The number of amides is 1. The molecule has 0 radical (unpaired) electrons. The standard InChI is InChI=1S/C12H19N3O/c1-10(2)12(16)14-8-4-11(5-9-14)15-7-3-6-13-15/h3,6-7,10-11H,4-5,8-9H2,1-2H3. The van der Waals surface area contributed by atoms with Crippen molar-refractivity contribution in [3.63, 3.8) is 0 Å². The van der Waals surface area contributed by atoms with Crippen LogP contribution in [0.1, 0.15) is 32.7 Å². The Morgan fingerprint density at radius 2 is 2.06 bits per heavy atom. The van der Waals surface area contributed by atoms with Crippen LogP contribution in [-0.2, 0) is 4.79 Å². The Kier molecular flexibility index (Phi) is 3.27. The lowest BCUT2D eigenvalue weighted by Crippen LogP contribution is -2.41. The SMILES string of the molecule is CC(C)C(=O)N1CCC(n2cccn2)CC1. The van der Waals surface area contributed by atoms with Crippen molar-refractivity contribution in [1.29, 1.82) is 0 Å². The van der Waals surface area contributed by atoms with Gasteiger partial charge in [0.15, 0.2) is 0 Å². The molecule has 88 valence electrons. The first kappa shape index (κ1) is 11.2. The minimum Gasteiger partial charge on any atom is -0.342 e. The Hall–Kier alpha value is -1.32. The highest BCUT2D eigenvalue weighted by Crippen LogP contribution is 2.22. The third kappa shape index (κ3) is 2.26. The Balaban J connectivity index is 1.90. The third-order valence-electron chi connectivity index (χ3n) is 3.17. The van der Waals surface area contributed by atoms with E-state index in [1.54, 1.807) is 0 Å². The first-order valence-electron chi connectivity index (χ1n) is 5.96. The van der Waals surface area contributed by atoms with Gasteiger partial charge in [-0.15, -0.1) is 0 Å². The molecular formula is C12H19N3O. The number of carbonyl (C=O) groups is 1. The molecule has 1 aromatic rings. The molecule has 16 heavy (non-hydrogen) atoms. The van der Waals surface area contributed by atoms with Crippen LogP contribution in [0.4, 0.5) is 0 Å². The fraction of sp³-hybridized carbons (Fsp3) is 0.667. The number of hydrogen-bond donors (Lipinski definition) is 0. The normalized spacial score (nSPS) is 18.1. The minimum atomic E-state index is 0.112. The van der Waals surface area contributed by atoms with Crippen molar-refractivity contribution in [2.45, 2.75) is 32.7 Å². The molecule has 0 aliphatic carbocycles. The summed E-state index contributed by atoms with van der Waals surface area (Å²) in [5.74, 6) is 0.389. The maximum absolute atomic E-state index is 11.8. The topological polar surface area (TPSA) is 38.1 Å². The first-order valence-corrected chi connectivity index (χ1v) is 5.96. The molecule has 1 aromatic heterocycles. The van der Waals surface area contributed by atoms with Gasteiger partial charge in [0.1, 0.15) is 0 Å². The second kappa shape index (κ2) is 4.68. The highest BCUT2D eigenvalue weighted by Gasteiger charge is 2.24. The number of rotatable bonds is 2. The van der Waals surface area contributed by atoms with Crippen LogP contribution in [0, 0.1) is 5.92 Å². The van der Waals surface area contributed by atoms with Gasteiger partial charge >= 0.3 is 0 Å². The fourth-order valence-electron chi connectivity index (χ4n) is 2.21. The van der Waals surface area contributed by atoms with Crippen molar-refractivity contribution in [2.75, 3.05) is 13.1 Å². The Labute approximate surface area is 96.2 Å². The molecule has 4 heteroatoms. The highest BCUT2D eigenvalue weighted by molar-refractivity contribution is 5.78. The molecular weight excluding hydrogens is 202 g/mol. The Morgan fingerprint density at radius 1 is 1.38 bits per heavy atom. The third-order valence-corrected chi connectivity index (χ3v) is 3.17. The molecule has 2 rings (SSSR count). The zero-order valence-corrected chi connectivity index (χ0v) is 9.97. The predicted molar refractivity (Wildman–Crippen MR) is 61.9 cm³/mol. The lowest BCUT2D eigenvalue weighted by atomic mass is 10.0. The van der Waals surface area contributed by atoms with Gasteiger partial charge in [-0.05, 0) is 18.9 Å². The zero-order chi connectivity index (χ0) is 11.5. The van der Waals surface area contributed by atoms with E-state index in [0.717, 1.165) is 25.9 Å². The van der Waals surface area contributed by atoms with Gasteiger partial charge in [0.25, 0.3) is 0 Å². The Morgan fingerprint density at radius 3 is 2.56 bits per heavy atom. The summed E-state index contributed by atoms with van der Waals surface area (Å²) in [6.45, 7) is 5.65. The van der Waals surface area contributed by atoms with Gasteiger partial charge in [-0.1, -0.05) is 13.8 Å². The van der Waals surface area contributed by atoms with Crippen molar-refractivity contribution in [1.82, 2.24) is 14.7 Å². The van der Waals surface area contributed by atoms with Gasteiger partial charge in [-0.25, -0.2) is 0 Å². The molecule has 0 atom stereocenters. The molecule has 1 aliphatic heterocycles. The average Bonchev–Trinajstić information content (AvgIpc) is 2.81. The van der Waals surface area contributed by atoms with Crippen LogP contribution in [0.2, 0.25) is 0 Å². The molecule has 0 saturated carbocycles. The molecule has 0 spiro atoms. The average molecular weight is 221 g/mol. The summed E-state index contributed by atoms with van der Waals surface area (Å²) >= 11 is 0. The second-order valence-electron chi connectivity index (χ2n) is 4.70. The molecule has 1 aliphatic rings. The summed E-state index contributed by atoms with van der Waals surface area (Å²) < 4.78 is 2.01. The molecule has 0 bridgehead atoms. The summed E-state index contributed by atoms with van der Waals surface area (Å²) in [5, 5.41) is 4.26. The maximum Gasteiger partial charge on any atom is 0.225 e. The van der Waals surface area contributed by atoms with E-state index in [2.05, 4.69) is 5.10 Å². The molecule has 1 saturated heterocycles. The summed E-state index contributed by atoms with van der Waals surface area (Å²) in [5.41, 5.74) is 0. The fourth-order valence-corrected chi connectivity index (χ4v) is 2.21. The van der Waals surface area contributed by atoms with Crippen LogP contribution in [-0.4, -0.2) is 33.7 Å². The van der Waals surface area contributed by atoms with Crippen LogP contribution in [0.15, 0.2) is 18.5 Å². The van der Waals surface area contributed by atoms with E-state index < -0.39 is 0 Å². The molecule has 1 amide bonds. The van der Waals surface area contributed by atoms with Crippen molar-refractivity contribution in [3.05, 3.63) is 18.5 Å². The quantitative estimate of drug-likeness (QED) is 0.762. The van der Waals surface area contributed by atoms with Gasteiger partial charge in [0.2, 0.25) is 5.91 Å². The van der Waals surface area contributed by atoms with E-state index in [1.807, 2.05) is 41.9 Å². The van der Waals surface area contributed by atoms with Gasteiger partial charge in [-0.2, -0.15) is 5.10 Å². The largest absolute Gasteiger partial charge is 0.342 e. The molecule has 0 unspecified atom stereocenters. The summed E-state index contributed by atoms with van der Waals surface area (Å²) in [6.07, 6.45) is 5.84. The zero-order valence-electron chi connectivity index (χ0n) is 9.97. The monoisotopic (exact) mass is 221 g/mol. The van der Waals surface area contributed by atoms with Gasteiger partial charge < -0.3 is 4.90 Å². The van der Waals surface area contributed by atoms with Crippen LogP contribution < -0.4 is 0 Å². The van der Waals surface area contributed by atoms with Crippen LogP contribution >= 0.6 is 0 Å². The number of nitrogens with zero attached hydrogens (tertiary/aromatic N) is 3. The van der Waals surface area contributed by atoms with Gasteiger partial charge in [0.05, 0.1) is 6.04 Å². The summed E-state index contributed by atoms with van der Waals surface area (Å²) in [7, 11) is 0. The molecule has 1 fully saturated rings.